The summed E-state index contributed by atoms with van der Waals surface area (Å²) in [5.74, 6) is -0.761. The van der Waals surface area contributed by atoms with Gasteiger partial charge in [-0.25, -0.2) is 9.18 Å². The number of aromatic carboxylic acids is 1. The third kappa shape index (κ3) is 2.67. The summed E-state index contributed by atoms with van der Waals surface area (Å²) in [4.78, 5) is 26.3. The van der Waals surface area contributed by atoms with E-state index in [2.05, 4.69) is 6.92 Å². The molecule has 3 aromatic rings. The Labute approximate surface area is 165 Å². The zero-order valence-electron chi connectivity index (χ0n) is 15.8. The van der Waals surface area contributed by atoms with Crippen LogP contribution < -0.4 is 21.2 Å². The van der Waals surface area contributed by atoms with E-state index in [4.69, 9.17) is 4.74 Å². The lowest BCUT2D eigenvalue weighted by molar-refractivity contribution is 0.0695. The largest absolute Gasteiger partial charge is 0.477 e. The Kier molecular flexibility index (Phi) is 4.31. The number of ether oxygens (including phenoxy) is 1. The summed E-state index contributed by atoms with van der Waals surface area (Å²) in [7, 11) is 0. The number of carbonyl (C=O) groups is 1. The molecule has 5 rings (SSSR count). The number of nitrogens with zero attached hydrogens (tertiary/aromatic N) is 2. The smallest absolute Gasteiger partial charge is 0.341 e. The Hall–Kier alpha value is -3.39. The average molecular weight is 397 g/mol. The second-order valence-electron chi connectivity index (χ2n) is 7.39. The van der Waals surface area contributed by atoms with E-state index in [0.29, 0.717) is 41.6 Å². The molecule has 0 spiro atoms. The van der Waals surface area contributed by atoms with Crippen molar-refractivity contribution in [1.29, 1.82) is 0 Å². The minimum Gasteiger partial charge on any atom is -0.477 e. The molecule has 7 nitrogen and oxygen atoms in total. The minimum absolute atomic E-state index is 0. The molecule has 1 saturated heterocycles. The molecule has 1 fully saturated rings. The van der Waals surface area contributed by atoms with Crippen LogP contribution in [0.15, 0.2) is 41.3 Å². The molecule has 0 saturated carbocycles. The Balaban J connectivity index is 0.00000205. The number of carboxylic acids is 1. The maximum Gasteiger partial charge on any atom is 0.341 e. The van der Waals surface area contributed by atoms with Crippen molar-refractivity contribution in [3.63, 3.8) is 0 Å². The van der Waals surface area contributed by atoms with Crippen molar-refractivity contribution in [2.24, 2.45) is 5.92 Å². The first kappa shape index (κ1) is 18.9. The van der Waals surface area contributed by atoms with Gasteiger partial charge in [0, 0.05) is 19.3 Å². The van der Waals surface area contributed by atoms with E-state index in [0.717, 1.165) is 12.5 Å². The molecular formula is C21H20FN3O4. The Bertz CT molecular complexity index is 1220. The van der Waals surface area contributed by atoms with Gasteiger partial charge in [0.05, 0.1) is 11.1 Å². The molecule has 150 valence electrons. The maximum atomic E-state index is 15.2. The maximum absolute atomic E-state index is 15.2. The number of anilines is 1. The van der Waals surface area contributed by atoms with Crippen LogP contribution in [-0.2, 0) is 0 Å². The third-order valence-electron chi connectivity index (χ3n) is 5.48. The minimum atomic E-state index is -1.35. The summed E-state index contributed by atoms with van der Waals surface area (Å²) in [6.45, 7) is 3.49. The van der Waals surface area contributed by atoms with Crippen molar-refractivity contribution < 1.29 is 19.0 Å². The van der Waals surface area contributed by atoms with E-state index in [9.17, 15) is 14.7 Å². The van der Waals surface area contributed by atoms with Gasteiger partial charge in [0.1, 0.15) is 16.8 Å². The average Bonchev–Trinajstić information content (AvgIpc) is 3.09. The molecule has 1 aromatic heterocycles. The normalized spacial score (nSPS) is 16.9. The zero-order valence-corrected chi connectivity index (χ0v) is 15.8. The standard InChI is InChI=1S/C21H17FN2O4.H3N/c1-11-6-7-23(9-11)18-14(22)8-12-17-20(18)28-16-5-3-2-4-15(16)24(17)10-13(19(12)25)21(26)27;/h2-5,8,10-11H,6-7,9H2,1H3,(H,26,27);1H3. The van der Waals surface area contributed by atoms with Crippen LogP contribution in [-0.4, -0.2) is 28.7 Å². The molecule has 3 heterocycles. The van der Waals surface area contributed by atoms with Crippen LogP contribution in [0.3, 0.4) is 0 Å². The highest BCUT2D eigenvalue weighted by Crippen LogP contribution is 2.47. The highest BCUT2D eigenvalue weighted by atomic mass is 19.1. The van der Waals surface area contributed by atoms with Crippen LogP contribution in [0.2, 0.25) is 0 Å². The fraction of sp³-hybridized carbons (Fsp3) is 0.238. The number of benzene rings is 2. The van der Waals surface area contributed by atoms with Gasteiger partial charge in [0.25, 0.3) is 0 Å². The fourth-order valence-electron chi connectivity index (χ4n) is 4.14. The van der Waals surface area contributed by atoms with Crippen molar-refractivity contribution in [1.82, 2.24) is 10.7 Å². The van der Waals surface area contributed by atoms with Gasteiger partial charge in [-0.1, -0.05) is 19.1 Å². The summed E-state index contributed by atoms with van der Waals surface area (Å²) >= 11 is 0. The van der Waals surface area contributed by atoms with Crippen LogP contribution in [0.4, 0.5) is 10.1 Å². The number of halogens is 1. The Morgan fingerprint density at radius 2 is 2.07 bits per heavy atom. The van der Waals surface area contributed by atoms with Gasteiger partial charge in [0.15, 0.2) is 17.3 Å². The summed E-state index contributed by atoms with van der Waals surface area (Å²) in [5.41, 5.74) is 0.197. The van der Waals surface area contributed by atoms with E-state index < -0.39 is 22.8 Å². The zero-order chi connectivity index (χ0) is 19.6. The van der Waals surface area contributed by atoms with Gasteiger partial charge in [-0.15, -0.1) is 0 Å². The molecule has 0 bridgehead atoms. The molecule has 0 aliphatic carbocycles. The lowest BCUT2D eigenvalue weighted by atomic mass is 10.1. The van der Waals surface area contributed by atoms with Crippen molar-refractivity contribution in [2.45, 2.75) is 13.3 Å². The number of rotatable bonds is 2. The third-order valence-corrected chi connectivity index (χ3v) is 5.48. The number of aromatic nitrogens is 1. The number of hydrogen-bond acceptors (Lipinski definition) is 5. The second-order valence-corrected chi connectivity index (χ2v) is 7.39. The summed E-state index contributed by atoms with van der Waals surface area (Å²) < 4.78 is 22.9. The molecular weight excluding hydrogens is 377 g/mol. The van der Waals surface area contributed by atoms with Gasteiger partial charge in [-0.2, -0.15) is 0 Å². The lowest BCUT2D eigenvalue weighted by Crippen LogP contribution is -2.25. The van der Waals surface area contributed by atoms with Crippen LogP contribution in [0.25, 0.3) is 16.6 Å². The highest BCUT2D eigenvalue weighted by Gasteiger charge is 2.32. The molecule has 2 aromatic carbocycles. The molecule has 0 amide bonds. The van der Waals surface area contributed by atoms with Gasteiger partial charge < -0.3 is 25.5 Å². The van der Waals surface area contributed by atoms with E-state index >= 15 is 4.39 Å². The number of fused-ring (bicyclic) bond motifs is 2. The lowest BCUT2D eigenvalue weighted by Gasteiger charge is -2.29. The summed E-state index contributed by atoms with van der Waals surface area (Å²) in [6, 6.07) is 8.24. The molecule has 4 N–H and O–H groups in total. The first-order valence-electron chi connectivity index (χ1n) is 9.13. The first-order valence-corrected chi connectivity index (χ1v) is 9.13. The van der Waals surface area contributed by atoms with E-state index in [-0.39, 0.29) is 17.3 Å². The Morgan fingerprint density at radius 1 is 1.31 bits per heavy atom. The number of para-hydroxylation sites is 2. The molecule has 8 heteroatoms. The molecule has 29 heavy (non-hydrogen) atoms. The predicted molar refractivity (Wildman–Crippen MR) is 108 cm³/mol. The van der Waals surface area contributed by atoms with Gasteiger partial charge in [0.2, 0.25) is 5.43 Å². The van der Waals surface area contributed by atoms with Gasteiger partial charge >= 0.3 is 5.97 Å². The topological polar surface area (TPSA) is 107 Å². The molecule has 1 atom stereocenters. The van der Waals surface area contributed by atoms with Crippen LogP contribution in [0.1, 0.15) is 23.7 Å². The van der Waals surface area contributed by atoms with Crippen LogP contribution in [0.5, 0.6) is 11.5 Å². The molecule has 0 radical (unpaired) electrons. The van der Waals surface area contributed by atoms with E-state index in [1.54, 1.807) is 28.8 Å². The monoisotopic (exact) mass is 397 g/mol. The quantitative estimate of drug-likeness (QED) is 0.531. The SMILES string of the molecule is CC1CCN(c2c(F)cc3c(=O)c(C(=O)O)cn4c3c2Oc2ccccc2-4)C1.N. The van der Waals surface area contributed by atoms with Crippen molar-refractivity contribution >= 4 is 22.6 Å². The van der Waals surface area contributed by atoms with Crippen LogP contribution >= 0.6 is 0 Å². The highest BCUT2D eigenvalue weighted by molar-refractivity contribution is 5.99. The molecule has 1 unspecified atom stereocenters. The molecule has 2 aliphatic heterocycles. The van der Waals surface area contributed by atoms with Crippen molar-refractivity contribution in [3.8, 4) is 17.2 Å². The van der Waals surface area contributed by atoms with Gasteiger partial charge in [-0.05, 0) is 30.5 Å². The van der Waals surface area contributed by atoms with Crippen molar-refractivity contribution in [3.05, 3.63) is 58.1 Å². The Morgan fingerprint density at radius 3 is 2.76 bits per heavy atom. The van der Waals surface area contributed by atoms with E-state index in [1.807, 2.05) is 4.90 Å². The summed E-state index contributed by atoms with van der Waals surface area (Å²) in [5, 5.41) is 9.46. The second kappa shape index (κ2) is 6.59. The summed E-state index contributed by atoms with van der Waals surface area (Å²) in [6.07, 6.45) is 2.24. The first-order chi connectivity index (χ1) is 13.5. The molecule has 2 aliphatic rings. The number of pyridine rings is 1. The van der Waals surface area contributed by atoms with E-state index in [1.165, 1.54) is 6.20 Å². The van der Waals surface area contributed by atoms with Crippen LogP contribution in [0, 0.1) is 11.7 Å². The fourth-order valence-corrected chi connectivity index (χ4v) is 4.14. The van der Waals surface area contributed by atoms with Gasteiger partial charge in [-0.3, -0.25) is 4.79 Å². The number of hydrogen-bond donors (Lipinski definition) is 2. The number of carboxylic acid groups (broad SMARTS) is 1. The predicted octanol–water partition coefficient (Wildman–Crippen LogP) is 3.94. The van der Waals surface area contributed by atoms with Crippen molar-refractivity contribution in [2.75, 3.05) is 18.0 Å².